The number of rotatable bonds is 3. The number of nitrogens with zero attached hydrogens (tertiary/aromatic N) is 1. The zero-order valence-electron chi connectivity index (χ0n) is 11.6. The first kappa shape index (κ1) is 14.1. The van der Waals surface area contributed by atoms with Crippen LogP contribution in [-0.4, -0.2) is 10.8 Å². The minimum Gasteiger partial charge on any atom is -0.312 e. The van der Waals surface area contributed by atoms with Crippen LogP contribution in [0, 0.1) is 0 Å². The molecule has 2 nitrogen and oxygen atoms in total. The normalized spacial score (nSPS) is 16.7. The number of benzene rings is 2. The number of allylic oxidation sites excluding steroid dienone is 1. The zero-order valence-corrected chi connectivity index (χ0v) is 13.2. The van der Waals surface area contributed by atoms with E-state index in [2.05, 4.69) is 46.3 Å². The van der Waals surface area contributed by atoms with Gasteiger partial charge in [-0.25, -0.2) is 0 Å². The molecule has 2 aromatic rings. The second-order valence-electron chi connectivity index (χ2n) is 5.15. The van der Waals surface area contributed by atoms with E-state index in [0.29, 0.717) is 13.0 Å². The first-order valence-electron chi connectivity index (χ1n) is 7.03. The summed E-state index contributed by atoms with van der Waals surface area (Å²) < 4.78 is 1.05. The fraction of sp³-hybridized carbons (Fsp3) is 0.167. The maximum Gasteiger partial charge on any atom is 0.227 e. The van der Waals surface area contributed by atoms with Crippen LogP contribution in [0.25, 0.3) is 6.08 Å². The summed E-state index contributed by atoms with van der Waals surface area (Å²) in [6, 6.07) is 18.3. The third kappa shape index (κ3) is 3.42. The zero-order chi connectivity index (χ0) is 14.7. The molecule has 1 aliphatic rings. The van der Waals surface area contributed by atoms with Crippen molar-refractivity contribution in [3.05, 3.63) is 75.9 Å². The van der Waals surface area contributed by atoms with Crippen LogP contribution in [0.2, 0.25) is 0 Å². The summed E-state index contributed by atoms with van der Waals surface area (Å²) in [7, 11) is 0. The second-order valence-corrected chi connectivity index (χ2v) is 6.07. The van der Waals surface area contributed by atoms with Gasteiger partial charge in [-0.2, -0.15) is 0 Å². The molecular formula is C18H16BrNO. The highest BCUT2D eigenvalue weighted by Crippen LogP contribution is 2.27. The van der Waals surface area contributed by atoms with Gasteiger partial charge in [0, 0.05) is 16.6 Å². The fourth-order valence-corrected chi connectivity index (χ4v) is 2.78. The molecule has 106 valence electrons. The molecule has 1 amide bonds. The quantitative estimate of drug-likeness (QED) is 0.798. The Morgan fingerprint density at radius 1 is 1.00 bits per heavy atom. The summed E-state index contributed by atoms with van der Waals surface area (Å²) in [6.07, 6.45) is 3.54. The van der Waals surface area contributed by atoms with Crippen LogP contribution < -0.4 is 0 Å². The van der Waals surface area contributed by atoms with Crippen LogP contribution in [0.1, 0.15) is 24.0 Å². The Balaban J connectivity index is 1.83. The standard InChI is InChI=1S/C18H16BrNO/c19-16-8-6-15(7-9-16)13-20-17(10-11-18(20)21)12-14-4-2-1-3-5-14/h1-9,12H,10-11,13H2/b17-12+. The summed E-state index contributed by atoms with van der Waals surface area (Å²) in [4.78, 5) is 14.0. The number of halogens is 1. The minimum atomic E-state index is 0.208. The molecule has 0 unspecified atom stereocenters. The number of carbonyl (C=O) groups is 1. The molecule has 3 heteroatoms. The molecule has 21 heavy (non-hydrogen) atoms. The van der Waals surface area contributed by atoms with E-state index >= 15 is 0 Å². The molecule has 2 aromatic carbocycles. The second kappa shape index (κ2) is 6.27. The van der Waals surface area contributed by atoms with Crippen molar-refractivity contribution in [3.8, 4) is 0 Å². The van der Waals surface area contributed by atoms with Gasteiger partial charge < -0.3 is 4.90 Å². The molecule has 1 heterocycles. The van der Waals surface area contributed by atoms with Gasteiger partial charge in [0.15, 0.2) is 0 Å². The van der Waals surface area contributed by atoms with E-state index in [9.17, 15) is 4.79 Å². The Labute approximate surface area is 133 Å². The molecular weight excluding hydrogens is 326 g/mol. The maximum absolute atomic E-state index is 12.1. The lowest BCUT2D eigenvalue weighted by Gasteiger charge is -2.18. The third-order valence-electron chi connectivity index (χ3n) is 3.63. The molecule has 0 spiro atoms. The Bertz CT molecular complexity index is 661. The minimum absolute atomic E-state index is 0.208. The number of carbonyl (C=O) groups excluding carboxylic acids is 1. The Morgan fingerprint density at radius 2 is 1.71 bits per heavy atom. The van der Waals surface area contributed by atoms with Crippen molar-refractivity contribution in [2.45, 2.75) is 19.4 Å². The lowest BCUT2D eigenvalue weighted by molar-refractivity contribution is -0.127. The SMILES string of the molecule is O=C1CC/C(=C\c2ccccc2)N1Cc1ccc(Br)cc1. The molecule has 0 saturated carbocycles. The predicted octanol–water partition coefficient (Wildman–Crippen LogP) is 4.61. The van der Waals surface area contributed by atoms with Crippen LogP contribution in [0.5, 0.6) is 0 Å². The number of likely N-dealkylation sites (tertiary alicyclic amines) is 1. The van der Waals surface area contributed by atoms with Gasteiger partial charge in [-0.15, -0.1) is 0 Å². The van der Waals surface area contributed by atoms with Crippen molar-refractivity contribution < 1.29 is 4.79 Å². The summed E-state index contributed by atoms with van der Waals surface area (Å²) in [5.41, 5.74) is 3.39. The smallest absolute Gasteiger partial charge is 0.227 e. The van der Waals surface area contributed by atoms with Gasteiger partial charge in [-0.3, -0.25) is 4.79 Å². The van der Waals surface area contributed by atoms with Crippen LogP contribution >= 0.6 is 15.9 Å². The van der Waals surface area contributed by atoms with Gasteiger partial charge in [0.05, 0.1) is 6.54 Å². The first-order chi connectivity index (χ1) is 10.2. The van der Waals surface area contributed by atoms with E-state index in [0.717, 1.165) is 27.7 Å². The topological polar surface area (TPSA) is 20.3 Å². The summed E-state index contributed by atoms with van der Waals surface area (Å²) in [5.74, 6) is 0.208. The lowest BCUT2D eigenvalue weighted by atomic mass is 10.1. The first-order valence-corrected chi connectivity index (χ1v) is 7.82. The largest absolute Gasteiger partial charge is 0.312 e. The lowest BCUT2D eigenvalue weighted by Crippen LogP contribution is -2.22. The van der Waals surface area contributed by atoms with Gasteiger partial charge in [0.1, 0.15) is 0 Å². The molecule has 1 aliphatic heterocycles. The van der Waals surface area contributed by atoms with E-state index in [1.54, 1.807) is 0 Å². The van der Waals surface area contributed by atoms with Crippen molar-refractivity contribution in [1.29, 1.82) is 0 Å². The van der Waals surface area contributed by atoms with Crippen molar-refractivity contribution in [2.24, 2.45) is 0 Å². The molecule has 0 bridgehead atoms. The summed E-state index contributed by atoms with van der Waals surface area (Å²) in [6.45, 7) is 0.644. The van der Waals surface area contributed by atoms with E-state index < -0.39 is 0 Å². The molecule has 1 saturated heterocycles. The molecule has 3 rings (SSSR count). The molecule has 1 fully saturated rings. The number of hydrogen-bond acceptors (Lipinski definition) is 1. The Morgan fingerprint density at radius 3 is 2.43 bits per heavy atom. The third-order valence-corrected chi connectivity index (χ3v) is 4.16. The van der Waals surface area contributed by atoms with Crippen LogP contribution in [-0.2, 0) is 11.3 Å². The summed E-state index contributed by atoms with van der Waals surface area (Å²) >= 11 is 3.43. The van der Waals surface area contributed by atoms with Crippen LogP contribution in [0.15, 0.2) is 64.8 Å². The Hall–Kier alpha value is -1.87. The highest BCUT2D eigenvalue weighted by Gasteiger charge is 2.25. The van der Waals surface area contributed by atoms with E-state index in [1.807, 2.05) is 35.2 Å². The van der Waals surface area contributed by atoms with Gasteiger partial charge >= 0.3 is 0 Å². The van der Waals surface area contributed by atoms with E-state index in [1.165, 1.54) is 0 Å². The van der Waals surface area contributed by atoms with E-state index in [-0.39, 0.29) is 5.91 Å². The van der Waals surface area contributed by atoms with Gasteiger partial charge in [-0.05, 0) is 35.8 Å². The van der Waals surface area contributed by atoms with Crippen LogP contribution in [0.4, 0.5) is 0 Å². The highest BCUT2D eigenvalue weighted by atomic mass is 79.9. The molecule has 0 N–H and O–H groups in total. The number of amides is 1. The predicted molar refractivity (Wildman–Crippen MR) is 88.3 cm³/mol. The van der Waals surface area contributed by atoms with Gasteiger partial charge in [-0.1, -0.05) is 58.4 Å². The van der Waals surface area contributed by atoms with Crippen molar-refractivity contribution in [1.82, 2.24) is 4.90 Å². The van der Waals surface area contributed by atoms with E-state index in [4.69, 9.17) is 0 Å². The molecule has 0 aromatic heterocycles. The van der Waals surface area contributed by atoms with Crippen molar-refractivity contribution in [2.75, 3.05) is 0 Å². The van der Waals surface area contributed by atoms with Gasteiger partial charge in [0.2, 0.25) is 5.91 Å². The monoisotopic (exact) mass is 341 g/mol. The number of hydrogen-bond donors (Lipinski definition) is 0. The maximum atomic E-state index is 12.1. The molecule has 0 atom stereocenters. The Kier molecular flexibility index (Phi) is 4.20. The molecule has 0 aliphatic carbocycles. The fourth-order valence-electron chi connectivity index (χ4n) is 2.52. The van der Waals surface area contributed by atoms with Gasteiger partial charge in [0.25, 0.3) is 0 Å². The average Bonchev–Trinajstić information content (AvgIpc) is 2.84. The van der Waals surface area contributed by atoms with Crippen molar-refractivity contribution in [3.63, 3.8) is 0 Å². The summed E-state index contributed by atoms with van der Waals surface area (Å²) in [5, 5.41) is 0. The molecule has 0 radical (unpaired) electrons. The van der Waals surface area contributed by atoms with Crippen LogP contribution in [0.3, 0.4) is 0 Å². The van der Waals surface area contributed by atoms with Crippen molar-refractivity contribution >= 4 is 27.9 Å². The highest BCUT2D eigenvalue weighted by molar-refractivity contribution is 9.10. The average molecular weight is 342 g/mol.